The van der Waals surface area contributed by atoms with E-state index in [0.29, 0.717) is 10.4 Å². The Morgan fingerprint density at radius 1 is 1.37 bits per heavy atom. The lowest BCUT2D eigenvalue weighted by molar-refractivity contribution is 0.0578. The summed E-state index contributed by atoms with van der Waals surface area (Å²) in [5.74, 6) is 0. The molecule has 4 nitrogen and oxygen atoms in total. The number of alkyl halides is 2. The van der Waals surface area contributed by atoms with Gasteiger partial charge in [-0.15, -0.1) is 22.7 Å². The third-order valence-electron chi connectivity index (χ3n) is 3.53. The minimum atomic E-state index is -2.68. The van der Waals surface area contributed by atoms with Gasteiger partial charge in [0.1, 0.15) is 10.8 Å². The minimum absolute atomic E-state index is 0.0394. The molecule has 0 spiro atoms. The largest absolute Gasteiger partial charge is 0.443 e. The van der Waals surface area contributed by atoms with Gasteiger partial charge in [-0.25, -0.2) is 18.6 Å². The molecule has 0 aliphatic heterocycles. The van der Waals surface area contributed by atoms with E-state index in [1.807, 2.05) is 17.5 Å². The van der Waals surface area contributed by atoms with E-state index in [1.165, 1.54) is 27.7 Å². The van der Waals surface area contributed by atoms with Crippen molar-refractivity contribution in [1.82, 2.24) is 4.98 Å². The van der Waals surface area contributed by atoms with Crippen LogP contribution in [0, 0.1) is 0 Å². The van der Waals surface area contributed by atoms with Gasteiger partial charge < -0.3 is 4.74 Å². The number of hydrogen-bond donors (Lipinski definition) is 0. The zero-order valence-electron chi connectivity index (χ0n) is 14.8. The van der Waals surface area contributed by atoms with Crippen LogP contribution in [0.1, 0.15) is 37.6 Å². The highest BCUT2D eigenvalue weighted by molar-refractivity contribution is 7.18. The van der Waals surface area contributed by atoms with E-state index < -0.39 is 18.1 Å². The summed E-state index contributed by atoms with van der Waals surface area (Å²) in [6, 6.07) is 5.27. The Kier molecular flexibility index (Phi) is 5.69. The predicted octanol–water partition coefficient (Wildman–Crippen LogP) is 6.89. The molecule has 0 unspecified atom stereocenters. The van der Waals surface area contributed by atoms with Crippen LogP contribution in [0.15, 0.2) is 29.0 Å². The summed E-state index contributed by atoms with van der Waals surface area (Å²) in [6.45, 7) is 5.54. The number of ether oxygens (including phenoxy) is 1. The number of fused-ring (bicyclic) bond motifs is 1. The molecule has 3 aromatic rings. The molecule has 9 heteroatoms. The van der Waals surface area contributed by atoms with Crippen LogP contribution in [0.25, 0.3) is 10.2 Å². The Bertz CT molecular complexity index is 952. The summed E-state index contributed by atoms with van der Waals surface area (Å²) in [6.07, 6.45) is -3.25. The highest BCUT2D eigenvalue weighted by atomic mass is 35.5. The van der Waals surface area contributed by atoms with Crippen LogP contribution in [0.3, 0.4) is 0 Å². The van der Waals surface area contributed by atoms with Crippen molar-refractivity contribution in [1.29, 1.82) is 0 Å². The van der Waals surface area contributed by atoms with Gasteiger partial charge in [-0.2, -0.15) is 0 Å². The van der Waals surface area contributed by atoms with E-state index in [9.17, 15) is 13.6 Å². The quantitative estimate of drug-likeness (QED) is 0.423. The van der Waals surface area contributed by atoms with Gasteiger partial charge in [0.25, 0.3) is 6.43 Å². The molecule has 0 N–H and O–H groups in total. The van der Waals surface area contributed by atoms with Gasteiger partial charge >= 0.3 is 6.09 Å². The molecule has 1 amide bonds. The average molecular weight is 431 g/mol. The van der Waals surface area contributed by atoms with Crippen LogP contribution in [-0.4, -0.2) is 16.7 Å². The molecule has 0 radical (unpaired) electrons. The number of hydrogen-bond acceptors (Lipinski definition) is 5. The summed E-state index contributed by atoms with van der Waals surface area (Å²) < 4.78 is 32.6. The SMILES string of the molecule is CC(C)(C)OC(=O)N(Cc1cccs1)c1cc(Cl)nc2c(C(F)F)csc12. The monoisotopic (exact) mass is 430 g/mol. The average Bonchev–Trinajstić information content (AvgIpc) is 3.19. The predicted molar refractivity (Wildman–Crippen MR) is 106 cm³/mol. The molecule has 27 heavy (non-hydrogen) atoms. The van der Waals surface area contributed by atoms with Crippen LogP contribution in [0.5, 0.6) is 0 Å². The number of amides is 1. The molecule has 0 aliphatic rings. The van der Waals surface area contributed by atoms with Crippen molar-refractivity contribution >= 4 is 56.3 Å². The first kappa shape index (κ1) is 20.0. The van der Waals surface area contributed by atoms with Crippen LogP contribution in [-0.2, 0) is 11.3 Å². The summed E-state index contributed by atoms with van der Waals surface area (Å²) in [5.41, 5.74) is -0.384. The zero-order valence-corrected chi connectivity index (χ0v) is 17.2. The Hall–Kier alpha value is -1.77. The number of carbonyl (C=O) groups is 1. The second-order valence-electron chi connectivity index (χ2n) is 6.78. The van der Waals surface area contributed by atoms with Crippen molar-refractivity contribution in [2.24, 2.45) is 0 Å². The molecule has 144 valence electrons. The van der Waals surface area contributed by atoms with Crippen molar-refractivity contribution in [3.8, 4) is 0 Å². The lowest BCUT2D eigenvalue weighted by Gasteiger charge is -2.27. The molecule has 0 aliphatic carbocycles. The van der Waals surface area contributed by atoms with E-state index in [1.54, 1.807) is 20.8 Å². The number of pyridine rings is 1. The molecule has 0 atom stereocenters. The standard InChI is InChI=1S/C18H17ClF2N2O2S2/c1-18(2,3)25-17(24)23(8-10-5-4-6-26-10)12-7-13(19)22-14-11(16(20)21)9-27-15(12)14/h4-7,9,16H,8H2,1-3H3. The maximum absolute atomic E-state index is 13.3. The minimum Gasteiger partial charge on any atom is -0.443 e. The van der Waals surface area contributed by atoms with E-state index in [4.69, 9.17) is 16.3 Å². The second-order valence-corrected chi connectivity index (χ2v) is 9.08. The lowest BCUT2D eigenvalue weighted by atomic mass is 10.2. The topological polar surface area (TPSA) is 42.4 Å². The Morgan fingerprint density at radius 2 is 2.11 bits per heavy atom. The first-order valence-electron chi connectivity index (χ1n) is 8.04. The number of halogens is 3. The van der Waals surface area contributed by atoms with E-state index in [2.05, 4.69) is 4.98 Å². The van der Waals surface area contributed by atoms with Gasteiger partial charge in [0.15, 0.2) is 0 Å². The number of anilines is 1. The molecule has 0 saturated heterocycles. The van der Waals surface area contributed by atoms with Crippen LogP contribution >= 0.6 is 34.3 Å². The first-order valence-corrected chi connectivity index (χ1v) is 10.2. The van der Waals surface area contributed by atoms with Gasteiger partial charge in [0, 0.05) is 16.3 Å². The number of nitrogens with zero attached hydrogens (tertiary/aromatic N) is 2. The van der Waals surface area contributed by atoms with Gasteiger partial charge in [-0.3, -0.25) is 4.90 Å². The van der Waals surface area contributed by atoms with Gasteiger partial charge in [0.05, 0.1) is 28.0 Å². The van der Waals surface area contributed by atoms with Gasteiger partial charge in [-0.05, 0) is 32.2 Å². The Balaban J connectivity index is 2.12. The maximum Gasteiger partial charge on any atom is 0.415 e. The first-order chi connectivity index (χ1) is 12.7. The van der Waals surface area contributed by atoms with Crippen molar-refractivity contribution in [2.75, 3.05) is 4.90 Å². The van der Waals surface area contributed by atoms with Crippen LogP contribution in [0.4, 0.5) is 19.3 Å². The number of thiophene rings is 2. The normalized spacial score (nSPS) is 12.0. The molecule has 3 aromatic heterocycles. The third kappa shape index (κ3) is 4.56. The Morgan fingerprint density at radius 3 is 2.70 bits per heavy atom. The summed E-state index contributed by atoms with van der Waals surface area (Å²) in [5, 5.41) is 3.29. The molecule has 0 bridgehead atoms. The molecule has 3 heterocycles. The molecule has 0 saturated carbocycles. The van der Waals surface area contributed by atoms with E-state index in [0.717, 1.165) is 16.2 Å². The third-order valence-corrected chi connectivity index (χ3v) is 5.60. The summed E-state index contributed by atoms with van der Waals surface area (Å²) >= 11 is 8.69. The molecular weight excluding hydrogens is 414 g/mol. The van der Waals surface area contributed by atoms with Crippen LogP contribution in [0.2, 0.25) is 5.15 Å². The highest BCUT2D eigenvalue weighted by Crippen LogP contribution is 2.39. The van der Waals surface area contributed by atoms with Crippen molar-refractivity contribution < 1.29 is 18.3 Å². The molecule has 0 fully saturated rings. The van der Waals surface area contributed by atoms with Gasteiger partial charge in [0.2, 0.25) is 0 Å². The fourth-order valence-corrected chi connectivity index (χ4v) is 4.36. The lowest BCUT2D eigenvalue weighted by Crippen LogP contribution is -2.36. The second kappa shape index (κ2) is 7.69. The molecular formula is C18H17ClF2N2O2S2. The molecule has 0 aromatic carbocycles. The maximum atomic E-state index is 13.3. The smallest absolute Gasteiger partial charge is 0.415 e. The van der Waals surface area contributed by atoms with E-state index >= 15 is 0 Å². The van der Waals surface area contributed by atoms with E-state index in [-0.39, 0.29) is 22.8 Å². The molecule has 3 rings (SSSR count). The van der Waals surface area contributed by atoms with Crippen molar-refractivity contribution in [2.45, 2.75) is 39.3 Å². The zero-order chi connectivity index (χ0) is 19.8. The fraction of sp³-hybridized carbons (Fsp3) is 0.333. The number of rotatable bonds is 4. The number of aromatic nitrogens is 1. The number of carbonyl (C=O) groups excluding carboxylic acids is 1. The van der Waals surface area contributed by atoms with Crippen molar-refractivity contribution in [3.63, 3.8) is 0 Å². The van der Waals surface area contributed by atoms with Crippen molar-refractivity contribution in [3.05, 3.63) is 44.6 Å². The summed E-state index contributed by atoms with van der Waals surface area (Å²) in [4.78, 5) is 19.3. The Labute approximate surface area is 168 Å². The summed E-state index contributed by atoms with van der Waals surface area (Å²) in [7, 11) is 0. The fourth-order valence-electron chi connectivity index (χ4n) is 2.46. The highest BCUT2D eigenvalue weighted by Gasteiger charge is 2.28. The van der Waals surface area contributed by atoms with Crippen LogP contribution < -0.4 is 4.90 Å². The van der Waals surface area contributed by atoms with Gasteiger partial charge in [-0.1, -0.05) is 17.7 Å².